The topological polar surface area (TPSA) is 75.7 Å². The fraction of sp³-hybridized carbons (Fsp3) is 0.480. The number of aryl methyl sites for hydroxylation is 1. The summed E-state index contributed by atoms with van der Waals surface area (Å²) in [5.41, 5.74) is 4.47. The first-order valence-electron chi connectivity index (χ1n) is 10.9. The van der Waals surface area contributed by atoms with E-state index in [0.29, 0.717) is 5.69 Å². The number of para-hydroxylation sites is 1. The Morgan fingerprint density at radius 1 is 1.00 bits per heavy atom. The molecule has 0 saturated carbocycles. The molecule has 0 unspecified atom stereocenters. The van der Waals surface area contributed by atoms with Gasteiger partial charge in [-0.05, 0) is 66.1 Å². The molecule has 176 valence electrons. The Morgan fingerprint density at radius 2 is 1.59 bits per heavy atom. The molecule has 0 aliphatic heterocycles. The van der Waals surface area contributed by atoms with E-state index in [9.17, 15) is 13.2 Å². The molecule has 0 heterocycles. The van der Waals surface area contributed by atoms with E-state index in [0.717, 1.165) is 34.3 Å². The molecule has 0 fully saturated rings. The van der Waals surface area contributed by atoms with Crippen molar-refractivity contribution in [2.45, 2.75) is 59.4 Å². The second-order valence-corrected chi connectivity index (χ2v) is 10.8. The van der Waals surface area contributed by atoms with Gasteiger partial charge in [-0.1, -0.05) is 45.9 Å². The number of nitrogens with zero attached hydrogens (tertiary/aromatic N) is 1. The molecule has 2 aromatic rings. The van der Waals surface area contributed by atoms with Crippen molar-refractivity contribution >= 4 is 21.6 Å². The van der Waals surface area contributed by atoms with Gasteiger partial charge >= 0.3 is 0 Å². The van der Waals surface area contributed by atoms with Crippen molar-refractivity contribution in [3.05, 3.63) is 58.7 Å². The first kappa shape index (κ1) is 25.7. The maximum atomic E-state index is 12.9. The summed E-state index contributed by atoms with van der Waals surface area (Å²) >= 11 is 0. The van der Waals surface area contributed by atoms with Crippen molar-refractivity contribution in [2.75, 3.05) is 24.2 Å². The highest BCUT2D eigenvalue weighted by Crippen LogP contribution is 2.32. The number of hydrogen-bond acceptors (Lipinski definition) is 4. The Balaban J connectivity index is 2.31. The van der Waals surface area contributed by atoms with Crippen LogP contribution < -0.4 is 14.4 Å². The first-order chi connectivity index (χ1) is 14.9. The summed E-state index contributed by atoms with van der Waals surface area (Å²) in [6.45, 7) is 11.8. The van der Waals surface area contributed by atoms with Crippen LogP contribution in [0.1, 0.15) is 74.8 Å². The molecule has 1 amide bonds. The van der Waals surface area contributed by atoms with Crippen LogP contribution >= 0.6 is 0 Å². The van der Waals surface area contributed by atoms with Crippen LogP contribution in [0.25, 0.3) is 0 Å². The quantitative estimate of drug-likeness (QED) is 0.578. The second-order valence-electron chi connectivity index (χ2n) is 8.88. The molecule has 0 aromatic heterocycles. The minimum atomic E-state index is -3.65. The minimum Gasteiger partial charge on any atom is -0.496 e. The SMILES string of the molecule is COc1cc(C)c([C@H](C)NC(=O)CN(c2ccccc2C(C)C)S(C)(=O)=O)cc1C(C)C. The number of carbonyl (C=O) groups is 1. The van der Waals surface area contributed by atoms with E-state index in [2.05, 4.69) is 25.2 Å². The fourth-order valence-corrected chi connectivity index (χ4v) is 4.76. The lowest BCUT2D eigenvalue weighted by Gasteiger charge is -2.27. The number of methoxy groups -OCH3 is 1. The maximum absolute atomic E-state index is 12.9. The van der Waals surface area contributed by atoms with Crippen LogP contribution in [0.15, 0.2) is 36.4 Å². The number of anilines is 1. The zero-order valence-corrected chi connectivity index (χ0v) is 21.2. The van der Waals surface area contributed by atoms with Gasteiger partial charge in [0.25, 0.3) is 0 Å². The van der Waals surface area contributed by atoms with Gasteiger partial charge in [-0.25, -0.2) is 8.42 Å². The summed E-state index contributed by atoms with van der Waals surface area (Å²) in [4.78, 5) is 12.9. The standard InChI is InChI=1S/C25H36N2O4S/c1-16(2)20-11-9-10-12-23(20)27(32(8,29)30)15-25(28)26-19(6)22-14-21(17(3)4)24(31-7)13-18(22)5/h9-14,16-17,19H,15H2,1-8H3,(H,26,28)/t19-/m0/s1. The summed E-state index contributed by atoms with van der Waals surface area (Å²) < 4.78 is 31.8. The Kier molecular flexibility index (Phi) is 8.35. The molecule has 0 bridgehead atoms. The lowest BCUT2D eigenvalue weighted by atomic mass is 9.93. The number of rotatable bonds is 9. The van der Waals surface area contributed by atoms with Crippen LogP contribution in [-0.2, 0) is 14.8 Å². The molecule has 0 saturated heterocycles. The third-order valence-electron chi connectivity index (χ3n) is 5.60. The monoisotopic (exact) mass is 460 g/mol. The minimum absolute atomic E-state index is 0.119. The molecule has 2 rings (SSSR count). The lowest BCUT2D eigenvalue weighted by molar-refractivity contribution is -0.120. The first-order valence-corrected chi connectivity index (χ1v) is 12.8. The van der Waals surface area contributed by atoms with Crippen molar-refractivity contribution in [3.63, 3.8) is 0 Å². The van der Waals surface area contributed by atoms with Gasteiger partial charge in [0.2, 0.25) is 15.9 Å². The number of amides is 1. The van der Waals surface area contributed by atoms with Crippen LogP contribution in [0, 0.1) is 6.92 Å². The predicted octanol–water partition coefficient (Wildman–Crippen LogP) is 4.89. The summed E-state index contributed by atoms with van der Waals surface area (Å²) in [6, 6.07) is 11.1. The van der Waals surface area contributed by atoms with E-state index in [-0.39, 0.29) is 30.3 Å². The molecule has 6 nitrogen and oxygen atoms in total. The number of hydrogen-bond donors (Lipinski definition) is 1. The van der Waals surface area contributed by atoms with Gasteiger partial charge in [0.05, 0.1) is 25.1 Å². The zero-order chi connectivity index (χ0) is 24.2. The fourth-order valence-electron chi connectivity index (χ4n) is 3.89. The third kappa shape index (κ3) is 6.03. The molecule has 7 heteroatoms. The van der Waals surface area contributed by atoms with Gasteiger partial charge in [0.15, 0.2) is 0 Å². The molecule has 0 spiro atoms. The van der Waals surface area contributed by atoms with E-state index < -0.39 is 10.0 Å². The number of benzene rings is 2. The third-order valence-corrected chi connectivity index (χ3v) is 6.73. The van der Waals surface area contributed by atoms with Crippen LogP contribution in [0.3, 0.4) is 0 Å². The van der Waals surface area contributed by atoms with Crippen molar-refractivity contribution in [3.8, 4) is 5.75 Å². The van der Waals surface area contributed by atoms with Crippen LogP contribution in [-0.4, -0.2) is 34.2 Å². The van der Waals surface area contributed by atoms with E-state index in [1.165, 1.54) is 4.31 Å². The number of carbonyl (C=O) groups excluding carboxylic acids is 1. The summed E-state index contributed by atoms with van der Waals surface area (Å²) in [5.74, 6) is 0.852. The molecule has 32 heavy (non-hydrogen) atoms. The van der Waals surface area contributed by atoms with Crippen LogP contribution in [0.2, 0.25) is 0 Å². The van der Waals surface area contributed by atoms with E-state index in [1.54, 1.807) is 19.2 Å². The predicted molar refractivity (Wildman–Crippen MR) is 131 cm³/mol. The van der Waals surface area contributed by atoms with E-state index in [4.69, 9.17) is 4.74 Å². The summed E-state index contributed by atoms with van der Waals surface area (Å²) in [6.07, 6.45) is 1.13. The van der Waals surface area contributed by atoms with E-state index >= 15 is 0 Å². The highest BCUT2D eigenvalue weighted by Gasteiger charge is 2.25. The molecule has 1 atom stereocenters. The smallest absolute Gasteiger partial charge is 0.241 e. The van der Waals surface area contributed by atoms with Gasteiger partial charge in [-0.15, -0.1) is 0 Å². The Labute approximate surface area is 193 Å². The molecular weight excluding hydrogens is 424 g/mol. The van der Waals surface area contributed by atoms with Crippen molar-refractivity contribution in [1.29, 1.82) is 0 Å². The van der Waals surface area contributed by atoms with Gasteiger partial charge in [0.1, 0.15) is 12.3 Å². The normalized spacial score (nSPS) is 12.7. The largest absolute Gasteiger partial charge is 0.496 e. The Morgan fingerprint density at radius 3 is 2.12 bits per heavy atom. The lowest BCUT2D eigenvalue weighted by Crippen LogP contribution is -2.41. The van der Waals surface area contributed by atoms with Crippen LogP contribution in [0.4, 0.5) is 5.69 Å². The van der Waals surface area contributed by atoms with Crippen molar-refractivity contribution < 1.29 is 17.9 Å². The van der Waals surface area contributed by atoms with E-state index in [1.807, 2.05) is 45.9 Å². The number of sulfonamides is 1. The molecule has 2 aromatic carbocycles. The van der Waals surface area contributed by atoms with Crippen LogP contribution in [0.5, 0.6) is 5.75 Å². The van der Waals surface area contributed by atoms with Gasteiger partial charge in [0, 0.05) is 0 Å². The average Bonchev–Trinajstić information content (AvgIpc) is 2.70. The molecule has 0 radical (unpaired) electrons. The van der Waals surface area contributed by atoms with Crippen molar-refractivity contribution in [2.24, 2.45) is 0 Å². The Hall–Kier alpha value is -2.54. The van der Waals surface area contributed by atoms with Gasteiger partial charge in [-0.2, -0.15) is 0 Å². The number of nitrogens with one attached hydrogen (secondary N) is 1. The van der Waals surface area contributed by atoms with Crippen molar-refractivity contribution in [1.82, 2.24) is 5.32 Å². The highest BCUT2D eigenvalue weighted by molar-refractivity contribution is 7.92. The summed E-state index contributed by atoms with van der Waals surface area (Å²) in [5, 5.41) is 2.98. The Bertz CT molecular complexity index is 1060. The average molecular weight is 461 g/mol. The maximum Gasteiger partial charge on any atom is 0.241 e. The molecule has 0 aliphatic rings. The molecule has 0 aliphatic carbocycles. The molecular formula is C25H36N2O4S. The number of ether oxygens (including phenoxy) is 1. The zero-order valence-electron chi connectivity index (χ0n) is 20.4. The van der Waals surface area contributed by atoms with Gasteiger partial charge in [-0.3, -0.25) is 9.10 Å². The van der Waals surface area contributed by atoms with Gasteiger partial charge < -0.3 is 10.1 Å². The second kappa shape index (κ2) is 10.4. The molecule has 1 N–H and O–H groups in total. The summed E-state index contributed by atoms with van der Waals surface area (Å²) in [7, 11) is -2.00. The highest BCUT2D eigenvalue weighted by atomic mass is 32.2.